The molecule has 32 heavy (non-hydrogen) atoms. The molecule has 6 nitrogen and oxygen atoms in total. The van der Waals surface area contributed by atoms with E-state index in [1.807, 2.05) is 24.3 Å². The van der Waals surface area contributed by atoms with Gasteiger partial charge < -0.3 is 0 Å². The van der Waals surface area contributed by atoms with Gasteiger partial charge in [-0.1, -0.05) is 75.5 Å². The topological polar surface area (TPSA) is 78.8 Å². The Hall–Kier alpha value is -2.23. The molecule has 1 amide bonds. The Bertz CT molecular complexity index is 1240. The largest absolute Gasteiger partial charge is 0.272 e. The molecule has 0 radical (unpaired) electrons. The maximum Gasteiger partial charge on any atom is 0.255 e. The normalized spacial score (nSPS) is 11.8. The SMILES string of the molecule is O=C(CN(Cc1ccc(Cl)cc1Cl)S(=O)(=O)c1ccccc1)N/N=C\c1cccc(Br)c1. The zero-order valence-corrected chi connectivity index (χ0v) is 20.5. The van der Waals surface area contributed by atoms with Crippen LogP contribution in [0.4, 0.5) is 0 Å². The average Bonchev–Trinajstić information content (AvgIpc) is 2.75. The summed E-state index contributed by atoms with van der Waals surface area (Å²) >= 11 is 15.5. The molecule has 0 atom stereocenters. The molecule has 0 aromatic heterocycles. The fourth-order valence-electron chi connectivity index (χ4n) is 2.77. The quantitative estimate of drug-likeness (QED) is 0.311. The van der Waals surface area contributed by atoms with Crippen LogP contribution in [0.3, 0.4) is 0 Å². The Kier molecular flexibility index (Phi) is 8.44. The Morgan fingerprint density at radius 2 is 1.78 bits per heavy atom. The monoisotopic (exact) mass is 553 g/mol. The highest BCUT2D eigenvalue weighted by Crippen LogP contribution is 2.25. The summed E-state index contributed by atoms with van der Waals surface area (Å²) in [6.45, 7) is -0.567. The lowest BCUT2D eigenvalue weighted by Gasteiger charge is -2.22. The first-order valence-corrected chi connectivity index (χ1v) is 12.3. The predicted octanol–water partition coefficient (Wildman–Crippen LogP) is 5.10. The summed E-state index contributed by atoms with van der Waals surface area (Å²) in [5.41, 5.74) is 3.65. The van der Waals surface area contributed by atoms with Crippen LogP contribution >= 0.6 is 39.1 Å². The van der Waals surface area contributed by atoms with Gasteiger partial charge in [0.2, 0.25) is 10.0 Å². The minimum atomic E-state index is -3.98. The summed E-state index contributed by atoms with van der Waals surface area (Å²) in [4.78, 5) is 12.6. The van der Waals surface area contributed by atoms with Gasteiger partial charge in [0.15, 0.2) is 0 Å². The molecule has 3 rings (SSSR count). The van der Waals surface area contributed by atoms with Crippen LogP contribution in [0.15, 0.2) is 87.3 Å². The summed E-state index contributed by atoms with van der Waals surface area (Å²) in [6.07, 6.45) is 1.47. The average molecular weight is 555 g/mol. The number of amides is 1. The van der Waals surface area contributed by atoms with Gasteiger partial charge in [-0.2, -0.15) is 9.41 Å². The highest BCUT2D eigenvalue weighted by atomic mass is 79.9. The highest BCUT2D eigenvalue weighted by Gasteiger charge is 2.27. The molecule has 0 aliphatic heterocycles. The molecule has 0 heterocycles. The van der Waals surface area contributed by atoms with Crippen LogP contribution in [0, 0.1) is 0 Å². The van der Waals surface area contributed by atoms with E-state index in [1.54, 1.807) is 30.3 Å². The number of benzene rings is 3. The molecule has 0 aliphatic carbocycles. The molecule has 166 valence electrons. The summed E-state index contributed by atoms with van der Waals surface area (Å²) in [5.74, 6) is -0.596. The number of hydrazone groups is 1. The molecule has 0 saturated carbocycles. The summed E-state index contributed by atoms with van der Waals surface area (Å²) in [5, 5.41) is 4.65. The van der Waals surface area contributed by atoms with E-state index in [-0.39, 0.29) is 11.4 Å². The molecule has 10 heteroatoms. The van der Waals surface area contributed by atoms with Gasteiger partial charge in [0.25, 0.3) is 5.91 Å². The number of hydrogen-bond acceptors (Lipinski definition) is 4. The van der Waals surface area contributed by atoms with E-state index in [4.69, 9.17) is 23.2 Å². The summed E-state index contributed by atoms with van der Waals surface area (Å²) < 4.78 is 28.3. The van der Waals surface area contributed by atoms with E-state index in [0.717, 1.165) is 14.3 Å². The van der Waals surface area contributed by atoms with Gasteiger partial charge in [0.05, 0.1) is 17.7 Å². The fourth-order valence-corrected chi connectivity index (χ4v) is 5.05. The van der Waals surface area contributed by atoms with Gasteiger partial charge in [-0.3, -0.25) is 4.79 Å². The first kappa shape index (κ1) is 24.4. The predicted molar refractivity (Wildman–Crippen MR) is 130 cm³/mol. The first-order valence-electron chi connectivity index (χ1n) is 9.32. The third kappa shape index (κ3) is 6.63. The molecule has 0 aliphatic rings. The zero-order chi connectivity index (χ0) is 23.1. The van der Waals surface area contributed by atoms with Gasteiger partial charge in [-0.25, -0.2) is 13.8 Å². The number of sulfonamides is 1. The van der Waals surface area contributed by atoms with Crippen LogP contribution in [0.25, 0.3) is 0 Å². The molecule has 0 unspecified atom stereocenters. The van der Waals surface area contributed by atoms with Crippen molar-refractivity contribution in [3.8, 4) is 0 Å². The Labute approximate surface area is 205 Å². The zero-order valence-electron chi connectivity index (χ0n) is 16.6. The number of rotatable bonds is 8. The lowest BCUT2D eigenvalue weighted by Crippen LogP contribution is -2.39. The Balaban J connectivity index is 1.81. The van der Waals surface area contributed by atoms with E-state index in [0.29, 0.717) is 15.6 Å². The number of carbonyl (C=O) groups excluding carboxylic acids is 1. The van der Waals surface area contributed by atoms with Crippen molar-refractivity contribution in [2.45, 2.75) is 11.4 Å². The van der Waals surface area contributed by atoms with Crippen LogP contribution in [0.1, 0.15) is 11.1 Å². The first-order chi connectivity index (χ1) is 15.3. The number of nitrogens with one attached hydrogen (secondary N) is 1. The summed E-state index contributed by atoms with van der Waals surface area (Å²) in [6, 6.07) is 20.0. The second-order valence-electron chi connectivity index (χ2n) is 6.67. The lowest BCUT2D eigenvalue weighted by molar-refractivity contribution is -0.121. The standard InChI is InChI=1S/C22H18BrCl2N3O3S/c23-18-6-4-5-16(11-18)13-26-27-22(29)15-28(14-17-9-10-19(24)12-21(17)25)32(30,31)20-7-2-1-3-8-20/h1-13H,14-15H2,(H,27,29)/b26-13-. The van der Waals surface area contributed by atoms with Gasteiger partial charge >= 0.3 is 0 Å². The molecule has 3 aromatic carbocycles. The van der Waals surface area contributed by atoms with Crippen molar-refractivity contribution in [1.82, 2.24) is 9.73 Å². The van der Waals surface area contributed by atoms with Crippen molar-refractivity contribution in [2.75, 3.05) is 6.54 Å². The third-order valence-corrected chi connectivity index (χ3v) is 7.20. The van der Waals surface area contributed by atoms with Crippen LogP contribution in [0.5, 0.6) is 0 Å². The fraction of sp³-hybridized carbons (Fsp3) is 0.0909. The molecule has 0 saturated heterocycles. The molecule has 0 bridgehead atoms. The van der Waals surface area contributed by atoms with Crippen LogP contribution in [-0.2, 0) is 21.4 Å². The molecular formula is C22H18BrCl2N3O3S. The second kappa shape index (κ2) is 11.1. The number of hydrogen-bond donors (Lipinski definition) is 1. The molecule has 0 fully saturated rings. The number of halogens is 3. The van der Waals surface area contributed by atoms with Gasteiger partial charge in [-0.15, -0.1) is 0 Å². The van der Waals surface area contributed by atoms with Crippen molar-refractivity contribution in [3.05, 3.63) is 98.4 Å². The van der Waals surface area contributed by atoms with E-state index in [1.165, 1.54) is 24.4 Å². The van der Waals surface area contributed by atoms with Crippen LogP contribution in [-0.4, -0.2) is 31.4 Å². The number of carbonyl (C=O) groups is 1. The third-order valence-electron chi connectivity index (χ3n) is 4.31. The molecule has 1 N–H and O–H groups in total. The highest BCUT2D eigenvalue weighted by molar-refractivity contribution is 9.10. The molecular weight excluding hydrogens is 537 g/mol. The van der Waals surface area contributed by atoms with E-state index < -0.39 is 22.5 Å². The summed E-state index contributed by atoms with van der Waals surface area (Å²) in [7, 11) is -3.98. The lowest BCUT2D eigenvalue weighted by atomic mass is 10.2. The van der Waals surface area contributed by atoms with Crippen LogP contribution in [0.2, 0.25) is 10.0 Å². The van der Waals surface area contributed by atoms with Crippen molar-refractivity contribution in [2.24, 2.45) is 5.10 Å². The van der Waals surface area contributed by atoms with Gasteiger partial charge in [0, 0.05) is 21.1 Å². The molecule has 3 aromatic rings. The van der Waals surface area contributed by atoms with Crippen LogP contribution < -0.4 is 5.43 Å². The minimum Gasteiger partial charge on any atom is -0.272 e. The van der Waals surface area contributed by atoms with E-state index in [9.17, 15) is 13.2 Å². The Morgan fingerprint density at radius 3 is 2.47 bits per heavy atom. The maximum absolute atomic E-state index is 13.2. The van der Waals surface area contributed by atoms with Crippen molar-refractivity contribution >= 4 is 61.3 Å². The molecule has 0 spiro atoms. The van der Waals surface area contributed by atoms with Gasteiger partial charge in [-0.05, 0) is 47.5 Å². The van der Waals surface area contributed by atoms with Crippen molar-refractivity contribution in [1.29, 1.82) is 0 Å². The van der Waals surface area contributed by atoms with E-state index in [2.05, 4.69) is 26.5 Å². The smallest absolute Gasteiger partial charge is 0.255 e. The van der Waals surface area contributed by atoms with Crippen molar-refractivity contribution < 1.29 is 13.2 Å². The second-order valence-corrected chi connectivity index (χ2v) is 10.4. The van der Waals surface area contributed by atoms with Gasteiger partial charge in [0.1, 0.15) is 0 Å². The number of nitrogens with zero attached hydrogens (tertiary/aromatic N) is 2. The van der Waals surface area contributed by atoms with Crippen molar-refractivity contribution in [3.63, 3.8) is 0 Å². The maximum atomic E-state index is 13.2. The Morgan fingerprint density at radius 1 is 1.03 bits per heavy atom. The van der Waals surface area contributed by atoms with E-state index >= 15 is 0 Å². The minimum absolute atomic E-state index is 0.0653.